The standard InChI is InChI=1S/C11H10BrNO2.C2H6/c1-6-3-8(12)7-5-10(11(14)15-2)13-9(7)4-6;1-2/h3-5,13H,1-2H3;1-2H3. The number of benzene rings is 1. The third-order valence-electron chi connectivity index (χ3n) is 2.24. The summed E-state index contributed by atoms with van der Waals surface area (Å²) in [6.45, 7) is 6.00. The van der Waals surface area contributed by atoms with Crippen LogP contribution in [0.3, 0.4) is 0 Å². The number of hydrogen-bond donors (Lipinski definition) is 1. The van der Waals surface area contributed by atoms with Gasteiger partial charge in [0.25, 0.3) is 0 Å². The van der Waals surface area contributed by atoms with Crippen LogP contribution in [0.2, 0.25) is 0 Å². The number of carbonyl (C=O) groups excluding carboxylic acids is 1. The predicted molar refractivity (Wildman–Crippen MR) is 73.4 cm³/mol. The first-order valence-electron chi connectivity index (χ1n) is 5.49. The molecule has 0 atom stereocenters. The van der Waals surface area contributed by atoms with E-state index in [9.17, 15) is 4.79 Å². The molecule has 0 unspecified atom stereocenters. The number of aromatic nitrogens is 1. The molecule has 0 spiro atoms. The summed E-state index contributed by atoms with van der Waals surface area (Å²) in [6, 6.07) is 5.79. The number of halogens is 1. The Morgan fingerprint density at radius 1 is 1.29 bits per heavy atom. The maximum Gasteiger partial charge on any atom is 0.354 e. The van der Waals surface area contributed by atoms with Crippen molar-refractivity contribution in [1.82, 2.24) is 4.98 Å². The highest BCUT2D eigenvalue weighted by Crippen LogP contribution is 2.26. The molecule has 3 nitrogen and oxygen atoms in total. The number of rotatable bonds is 1. The number of aryl methyl sites for hydroxylation is 1. The van der Waals surface area contributed by atoms with Crippen LogP contribution in [0, 0.1) is 6.92 Å². The third kappa shape index (κ3) is 2.88. The Bertz CT molecular complexity index is 531. The smallest absolute Gasteiger partial charge is 0.354 e. The van der Waals surface area contributed by atoms with Crippen molar-refractivity contribution in [2.45, 2.75) is 20.8 Å². The lowest BCUT2D eigenvalue weighted by atomic mass is 10.2. The summed E-state index contributed by atoms with van der Waals surface area (Å²) in [5.74, 6) is -0.351. The number of nitrogens with one attached hydrogen (secondary N) is 1. The molecule has 92 valence electrons. The number of fused-ring (bicyclic) bond motifs is 1. The lowest BCUT2D eigenvalue weighted by Crippen LogP contribution is -2.00. The average molecular weight is 298 g/mol. The molecular formula is C13H16BrNO2. The number of methoxy groups -OCH3 is 1. The van der Waals surface area contributed by atoms with Crippen LogP contribution < -0.4 is 0 Å². The number of H-pyrrole nitrogens is 1. The maximum atomic E-state index is 11.3. The van der Waals surface area contributed by atoms with Gasteiger partial charge >= 0.3 is 5.97 Å². The summed E-state index contributed by atoms with van der Waals surface area (Å²) in [7, 11) is 1.37. The predicted octanol–water partition coefficient (Wildman–Crippen LogP) is 4.05. The van der Waals surface area contributed by atoms with Crippen LogP contribution in [0.4, 0.5) is 0 Å². The van der Waals surface area contributed by atoms with E-state index in [4.69, 9.17) is 0 Å². The Kier molecular flexibility index (Phi) is 4.75. The molecule has 2 aromatic rings. The molecule has 1 heterocycles. The van der Waals surface area contributed by atoms with Crippen molar-refractivity contribution < 1.29 is 9.53 Å². The zero-order valence-corrected chi connectivity index (χ0v) is 12.0. The highest BCUT2D eigenvalue weighted by atomic mass is 79.9. The summed E-state index contributed by atoms with van der Waals surface area (Å²) < 4.78 is 5.63. The number of carbonyl (C=O) groups is 1. The summed E-state index contributed by atoms with van der Waals surface area (Å²) in [5.41, 5.74) is 2.54. The van der Waals surface area contributed by atoms with Crippen molar-refractivity contribution in [2.24, 2.45) is 0 Å². The molecule has 0 saturated carbocycles. The van der Waals surface area contributed by atoms with Gasteiger partial charge in [-0.2, -0.15) is 0 Å². The lowest BCUT2D eigenvalue weighted by Gasteiger charge is -1.96. The third-order valence-corrected chi connectivity index (χ3v) is 2.89. The fourth-order valence-corrected chi connectivity index (χ4v) is 2.24. The fourth-order valence-electron chi connectivity index (χ4n) is 1.55. The Hall–Kier alpha value is -1.29. The number of ether oxygens (including phenoxy) is 1. The first-order chi connectivity index (χ1) is 8.11. The lowest BCUT2D eigenvalue weighted by molar-refractivity contribution is 0.0595. The van der Waals surface area contributed by atoms with E-state index < -0.39 is 0 Å². The van der Waals surface area contributed by atoms with E-state index >= 15 is 0 Å². The van der Waals surface area contributed by atoms with Crippen molar-refractivity contribution in [1.29, 1.82) is 0 Å². The first kappa shape index (κ1) is 13.8. The zero-order valence-electron chi connectivity index (χ0n) is 10.4. The molecule has 0 fully saturated rings. The summed E-state index contributed by atoms with van der Waals surface area (Å²) >= 11 is 3.46. The molecule has 0 bridgehead atoms. The van der Waals surface area contributed by atoms with Gasteiger partial charge in [-0.25, -0.2) is 4.79 Å². The average Bonchev–Trinajstić information content (AvgIpc) is 2.74. The highest BCUT2D eigenvalue weighted by Gasteiger charge is 2.11. The molecule has 1 N–H and O–H groups in total. The van der Waals surface area contributed by atoms with E-state index in [1.54, 1.807) is 6.07 Å². The molecule has 4 heteroatoms. The van der Waals surface area contributed by atoms with Crippen molar-refractivity contribution in [3.63, 3.8) is 0 Å². The second-order valence-electron chi connectivity index (χ2n) is 3.38. The maximum absolute atomic E-state index is 11.3. The molecule has 17 heavy (non-hydrogen) atoms. The van der Waals surface area contributed by atoms with Gasteiger partial charge < -0.3 is 9.72 Å². The van der Waals surface area contributed by atoms with Crippen LogP contribution >= 0.6 is 15.9 Å². The molecule has 0 radical (unpaired) electrons. The first-order valence-corrected chi connectivity index (χ1v) is 6.28. The minimum Gasteiger partial charge on any atom is -0.464 e. The van der Waals surface area contributed by atoms with Gasteiger partial charge in [-0.15, -0.1) is 0 Å². The monoisotopic (exact) mass is 297 g/mol. The van der Waals surface area contributed by atoms with Crippen LogP contribution in [-0.2, 0) is 4.74 Å². The van der Waals surface area contributed by atoms with Gasteiger partial charge in [-0.3, -0.25) is 0 Å². The second kappa shape index (κ2) is 5.87. The highest BCUT2D eigenvalue weighted by molar-refractivity contribution is 9.10. The molecule has 0 amide bonds. The quantitative estimate of drug-likeness (QED) is 0.807. The molecule has 2 rings (SSSR count). The Morgan fingerprint density at radius 3 is 2.53 bits per heavy atom. The van der Waals surface area contributed by atoms with Gasteiger partial charge in [0, 0.05) is 15.4 Å². The number of hydrogen-bond acceptors (Lipinski definition) is 2. The summed E-state index contributed by atoms with van der Waals surface area (Å²) in [4.78, 5) is 14.3. The largest absolute Gasteiger partial charge is 0.464 e. The van der Waals surface area contributed by atoms with Gasteiger partial charge in [0.2, 0.25) is 0 Å². The van der Waals surface area contributed by atoms with Crippen molar-refractivity contribution >= 4 is 32.8 Å². The van der Waals surface area contributed by atoms with Gasteiger partial charge in [-0.1, -0.05) is 29.8 Å². The SMILES string of the molecule is CC.COC(=O)c1cc2c(Br)cc(C)cc2[nH]1. The van der Waals surface area contributed by atoms with E-state index in [2.05, 4.69) is 25.7 Å². The van der Waals surface area contributed by atoms with E-state index in [0.29, 0.717) is 5.69 Å². The molecule has 0 aliphatic carbocycles. The minimum atomic E-state index is -0.351. The zero-order chi connectivity index (χ0) is 13.0. The van der Waals surface area contributed by atoms with Crippen LogP contribution in [0.1, 0.15) is 29.9 Å². The van der Waals surface area contributed by atoms with Crippen molar-refractivity contribution in [3.8, 4) is 0 Å². The van der Waals surface area contributed by atoms with Crippen LogP contribution in [-0.4, -0.2) is 18.1 Å². The van der Waals surface area contributed by atoms with Crippen LogP contribution in [0.25, 0.3) is 10.9 Å². The Balaban J connectivity index is 0.000000686. The fraction of sp³-hybridized carbons (Fsp3) is 0.308. The molecule has 0 saturated heterocycles. The van der Waals surface area contributed by atoms with Gasteiger partial charge in [0.05, 0.1) is 7.11 Å². The summed E-state index contributed by atoms with van der Waals surface area (Å²) in [6.07, 6.45) is 0. The summed E-state index contributed by atoms with van der Waals surface area (Å²) in [5, 5.41) is 0.987. The molecule has 1 aromatic heterocycles. The number of esters is 1. The molecular weight excluding hydrogens is 282 g/mol. The number of aromatic amines is 1. The Morgan fingerprint density at radius 2 is 1.94 bits per heavy atom. The van der Waals surface area contributed by atoms with Gasteiger partial charge in [0.15, 0.2) is 0 Å². The topological polar surface area (TPSA) is 42.1 Å². The Labute approximate surface area is 109 Å². The van der Waals surface area contributed by atoms with Crippen LogP contribution in [0.15, 0.2) is 22.7 Å². The van der Waals surface area contributed by atoms with E-state index in [1.807, 2.05) is 32.9 Å². The van der Waals surface area contributed by atoms with Gasteiger partial charge in [-0.05, 0) is 30.7 Å². The van der Waals surface area contributed by atoms with E-state index in [0.717, 1.165) is 20.9 Å². The van der Waals surface area contributed by atoms with Crippen molar-refractivity contribution in [3.05, 3.63) is 33.9 Å². The second-order valence-corrected chi connectivity index (χ2v) is 4.24. The molecule has 1 aromatic carbocycles. The van der Waals surface area contributed by atoms with Gasteiger partial charge in [0.1, 0.15) is 5.69 Å². The molecule has 0 aliphatic rings. The van der Waals surface area contributed by atoms with E-state index in [1.165, 1.54) is 7.11 Å². The minimum absolute atomic E-state index is 0.351. The normalized spacial score (nSPS) is 9.71. The van der Waals surface area contributed by atoms with E-state index in [-0.39, 0.29) is 5.97 Å². The van der Waals surface area contributed by atoms with Crippen LogP contribution in [0.5, 0.6) is 0 Å². The molecule has 0 aliphatic heterocycles. The van der Waals surface area contributed by atoms with Crippen molar-refractivity contribution in [2.75, 3.05) is 7.11 Å².